The highest BCUT2D eigenvalue weighted by Crippen LogP contribution is 2.45. The number of benzene rings is 4. The number of hydrogen-bond donors (Lipinski definition) is 1. The topological polar surface area (TPSA) is 91.7 Å². The molecule has 1 N–H and O–H groups in total. The smallest absolute Gasteiger partial charge is 0.309 e. The Bertz CT molecular complexity index is 1810. The summed E-state index contributed by atoms with van der Waals surface area (Å²) in [7, 11) is 3.13. The minimum atomic E-state index is -0.511. The molecule has 1 amide bonds. The van der Waals surface area contributed by atoms with Crippen LogP contribution >= 0.6 is 0 Å². The number of nitrogens with one attached hydrogen (secondary N) is 1. The first-order valence-electron chi connectivity index (χ1n) is 13.5. The Morgan fingerprint density at radius 3 is 2.21 bits per heavy atom. The van der Waals surface area contributed by atoms with E-state index in [1.54, 1.807) is 55.3 Å². The largest absolute Gasteiger partial charge is 0.497 e. The molecule has 0 aliphatic rings. The van der Waals surface area contributed by atoms with Crippen LogP contribution in [0.5, 0.6) is 17.4 Å². The van der Waals surface area contributed by atoms with Crippen molar-refractivity contribution in [3.05, 3.63) is 107 Å². The number of carbonyl (C=O) groups excluding carboxylic acids is 2. The van der Waals surface area contributed by atoms with E-state index in [1.807, 2.05) is 38.1 Å². The van der Waals surface area contributed by atoms with E-state index < -0.39 is 11.8 Å². The van der Waals surface area contributed by atoms with Crippen molar-refractivity contribution in [2.45, 2.75) is 20.8 Å². The minimum absolute atomic E-state index is 0.232. The van der Waals surface area contributed by atoms with Crippen LogP contribution < -0.4 is 19.5 Å². The van der Waals surface area contributed by atoms with Gasteiger partial charge in [0, 0.05) is 29.8 Å². The van der Waals surface area contributed by atoms with E-state index >= 15 is 0 Å². The van der Waals surface area contributed by atoms with Gasteiger partial charge in [0.15, 0.2) is 0 Å². The molecule has 0 bridgehead atoms. The molecule has 0 saturated carbocycles. The van der Waals surface area contributed by atoms with E-state index in [9.17, 15) is 14.0 Å². The Morgan fingerprint density at radius 2 is 1.58 bits per heavy atom. The maximum absolute atomic E-state index is 13.3. The number of rotatable bonds is 8. The van der Waals surface area contributed by atoms with E-state index in [1.165, 1.54) is 31.2 Å². The number of nitrogens with zero attached hydrogens (tertiary/aromatic N) is 2. The maximum atomic E-state index is 13.3. The van der Waals surface area contributed by atoms with Crippen LogP contribution in [-0.2, 0) is 4.79 Å². The highest BCUT2D eigenvalue weighted by atomic mass is 19.1. The van der Waals surface area contributed by atoms with Gasteiger partial charge in [0.25, 0.3) is 5.91 Å². The summed E-state index contributed by atoms with van der Waals surface area (Å²) < 4.78 is 31.9. The predicted molar refractivity (Wildman–Crippen MR) is 163 cm³/mol. The predicted octanol–water partition coefficient (Wildman–Crippen LogP) is 7.16. The third-order valence-corrected chi connectivity index (χ3v) is 6.87. The van der Waals surface area contributed by atoms with E-state index in [2.05, 4.69) is 5.32 Å². The Balaban J connectivity index is 1.67. The summed E-state index contributed by atoms with van der Waals surface area (Å²) in [6, 6.07) is 23.7. The number of amides is 1. The lowest BCUT2D eigenvalue weighted by atomic mass is 10.00. The van der Waals surface area contributed by atoms with Crippen LogP contribution in [-0.4, -0.2) is 35.9 Å². The fourth-order valence-electron chi connectivity index (χ4n) is 4.81. The van der Waals surface area contributed by atoms with Gasteiger partial charge >= 0.3 is 5.97 Å². The Labute approximate surface area is 248 Å². The zero-order valence-electron chi connectivity index (χ0n) is 24.4. The zero-order valence-corrected chi connectivity index (χ0v) is 24.4. The number of hydrogen-bond acceptors (Lipinski definition) is 6. The van der Waals surface area contributed by atoms with Crippen molar-refractivity contribution in [3.63, 3.8) is 0 Å². The number of aryl methyl sites for hydroxylation is 2. The Morgan fingerprint density at radius 1 is 0.860 bits per heavy atom. The molecule has 5 rings (SSSR count). The number of carbonyl (C=O) groups is 2. The van der Waals surface area contributed by atoms with Crippen LogP contribution in [0.3, 0.4) is 0 Å². The van der Waals surface area contributed by atoms with Gasteiger partial charge in [-0.05, 0) is 79.6 Å². The molecular weight excluding hydrogens is 549 g/mol. The van der Waals surface area contributed by atoms with Gasteiger partial charge in [0.05, 0.1) is 25.5 Å². The molecule has 0 fully saturated rings. The molecule has 0 unspecified atom stereocenters. The van der Waals surface area contributed by atoms with Crippen molar-refractivity contribution >= 4 is 17.6 Å². The van der Waals surface area contributed by atoms with E-state index in [0.29, 0.717) is 45.1 Å². The maximum Gasteiger partial charge on any atom is 0.309 e. The normalized spacial score (nSPS) is 10.7. The first-order chi connectivity index (χ1) is 20.7. The molecule has 9 heteroatoms. The summed E-state index contributed by atoms with van der Waals surface area (Å²) in [6.45, 7) is 5.31. The van der Waals surface area contributed by atoms with Gasteiger partial charge in [-0.15, -0.1) is 0 Å². The van der Waals surface area contributed by atoms with Gasteiger partial charge in [-0.2, -0.15) is 9.78 Å². The molecule has 0 atom stereocenters. The zero-order chi connectivity index (χ0) is 30.7. The van der Waals surface area contributed by atoms with Crippen LogP contribution in [0.2, 0.25) is 0 Å². The second-order valence-electron chi connectivity index (χ2n) is 9.93. The molecule has 0 aliphatic carbocycles. The number of methoxy groups -OCH3 is 2. The third kappa shape index (κ3) is 6.11. The summed E-state index contributed by atoms with van der Waals surface area (Å²) in [5.41, 5.74) is 6.01. The minimum Gasteiger partial charge on any atom is -0.497 e. The highest BCUT2D eigenvalue weighted by molar-refractivity contribution is 6.04. The molecule has 1 heterocycles. The quantitative estimate of drug-likeness (QED) is 0.196. The van der Waals surface area contributed by atoms with E-state index in [-0.39, 0.29) is 11.8 Å². The van der Waals surface area contributed by atoms with Gasteiger partial charge in [-0.25, -0.2) is 4.39 Å². The molecule has 1 aromatic heterocycles. The Hall–Kier alpha value is -5.44. The summed E-state index contributed by atoms with van der Waals surface area (Å²) in [5.74, 6) is 0.0507. The molecule has 0 aliphatic heterocycles. The number of aromatic nitrogens is 2. The molecule has 218 valence electrons. The standard InChI is InChI=1S/C34H30FN3O5/c1-20-6-17-29(21(2)18-20)38-34(43-22(3)39)31(32(37-38)28-16-15-27(41-4)19-30(28)42-5)23-9-13-26(14-10-23)36-33(40)24-7-11-25(35)12-8-24/h6-19H,1-5H3,(H,36,40). The second-order valence-corrected chi connectivity index (χ2v) is 9.93. The van der Waals surface area contributed by atoms with Crippen LogP contribution in [0.1, 0.15) is 28.4 Å². The summed E-state index contributed by atoms with van der Waals surface area (Å²) in [6.07, 6.45) is 0. The second kappa shape index (κ2) is 12.2. The van der Waals surface area contributed by atoms with Crippen molar-refractivity contribution in [2.24, 2.45) is 0 Å². The van der Waals surface area contributed by atoms with Gasteiger partial charge in [0.2, 0.25) is 5.88 Å². The summed E-state index contributed by atoms with van der Waals surface area (Å²) >= 11 is 0. The SMILES string of the molecule is COc1ccc(-c2nn(-c3ccc(C)cc3C)c(OC(C)=O)c2-c2ccc(NC(=O)c3ccc(F)cc3)cc2)c(OC)c1. The van der Waals surface area contributed by atoms with Gasteiger partial charge in [0.1, 0.15) is 23.0 Å². The fraction of sp³-hybridized carbons (Fsp3) is 0.147. The van der Waals surface area contributed by atoms with Crippen molar-refractivity contribution in [3.8, 4) is 45.5 Å². The molecular formula is C34H30FN3O5. The van der Waals surface area contributed by atoms with E-state index in [4.69, 9.17) is 19.3 Å². The van der Waals surface area contributed by atoms with Crippen molar-refractivity contribution in [2.75, 3.05) is 19.5 Å². The number of anilines is 1. The van der Waals surface area contributed by atoms with Crippen LogP contribution in [0.15, 0.2) is 84.9 Å². The van der Waals surface area contributed by atoms with Gasteiger partial charge < -0.3 is 19.5 Å². The van der Waals surface area contributed by atoms with Gasteiger partial charge in [-0.1, -0.05) is 29.8 Å². The molecule has 0 spiro atoms. The van der Waals surface area contributed by atoms with E-state index in [0.717, 1.165) is 16.8 Å². The average Bonchev–Trinajstić information content (AvgIpc) is 3.35. The van der Waals surface area contributed by atoms with Crippen LogP contribution in [0.4, 0.5) is 10.1 Å². The Kier molecular flexibility index (Phi) is 8.25. The van der Waals surface area contributed by atoms with Crippen molar-refractivity contribution < 1.29 is 28.2 Å². The summed E-state index contributed by atoms with van der Waals surface area (Å²) in [4.78, 5) is 25.1. The van der Waals surface area contributed by atoms with Crippen molar-refractivity contribution in [1.82, 2.24) is 9.78 Å². The lowest BCUT2D eigenvalue weighted by Crippen LogP contribution is -2.11. The van der Waals surface area contributed by atoms with Crippen molar-refractivity contribution in [1.29, 1.82) is 0 Å². The summed E-state index contributed by atoms with van der Waals surface area (Å²) in [5, 5.41) is 7.79. The molecule has 4 aromatic carbocycles. The third-order valence-electron chi connectivity index (χ3n) is 6.87. The average molecular weight is 580 g/mol. The monoisotopic (exact) mass is 579 g/mol. The molecule has 8 nitrogen and oxygen atoms in total. The number of ether oxygens (including phenoxy) is 3. The highest BCUT2D eigenvalue weighted by Gasteiger charge is 2.27. The molecule has 43 heavy (non-hydrogen) atoms. The molecule has 0 saturated heterocycles. The number of esters is 1. The lowest BCUT2D eigenvalue weighted by molar-refractivity contribution is -0.132. The molecule has 5 aromatic rings. The number of halogens is 1. The van der Waals surface area contributed by atoms with Crippen LogP contribution in [0, 0.1) is 19.7 Å². The van der Waals surface area contributed by atoms with Gasteiger partial charge in [-0.3, -0.25) is 9.59 Å². The molecule has 0 radical (unpaired) electrons. The first kappa shape index (κ1) is 29.1. The fourth-order valence-corrected chi connectivity index (χ4v) is 4.81. The van der Waals surface area contributed by atoms with Crippen LogP contribution in [0.25, 0.3) is 28.1 Å². The lowest BCUT2D eigenvalue weighted by Gasteiger charge is -2.13. The first-order valence-corrected chi connectivity index (χ1v) is 13.5.